The number of methoxy groups -OCH3 is 1. The normalized spacial score (nSPS) is 20.9. The molecule has 70 valence electrons. The van der Waals surface area contributed by atoms with Crippen molar-refractivity contribution in [3.63, 3.8) is 0 Å². The van der Waals surface area contributed by atoms with Crippen LogP contribution in [0.5, 0.6) is 5.75 Å². The van der Waals surface area contributed by atoms with Crippen molar-refractivity contribution in [2.75, 3.05) is 13.7 Å². The summed E-state index contributed by atoms with van der Waals surface area (Å²) in [6, 6.07) is 6.77. The molecule has 0 amide bonds. The summed E-state index contributed by atoms with van der Waals surface area (Å²) in [5, 5.41) is 3.39. The smallest absolute Gasteiger partial charge is 0.132 e. The van der Waals surface area contributed by atoms with Gasteiger partial charge in [-0.05, 0) is 47.2 Å². The molecule has 0 radical (unpaired) electrons. The zero-order valence-corrected chi connectivity index (χ0v) is 9.67. The van der Waals surface area contributed by atoms with Crippen LogP contribution in [0, 0.1) is 3.57 Å². The van der Waals surface area contributed by atoms with Crippen molar-refractivity contribution in [2.45, 2.75) is 12.5 Å². The van der Waals surface area contributed by atoms with E-state index in [0.717, 1.165) is 12.3 Å². The fourth-order valence-corrected chi connectivity index (χ4v) is 2.46. The molecule has 0 aromatic heterocycles. The van der Waals surface area contributed by atoms with Gasteiger partial charge in [-0.25, -0.2) is 0 Å². The van der Waals surface area contributed by atoms with E-state index in [4.69, 9.17) is 4.74 Å². The van der Waals surface area contributed by atoms with Gasteiger partial charge in [-0.3, -0.25) is 0 Å². The summed E-state index contributed by atoms with van der Waals surface area (Å²) in [4.78, 5) is 0. The lowest BCUT2D eigenvalue weighted by Gasteiger charge is -2.29. The van der Waals surface area contributed by atoms with Crippen molar-refractivity contribution in [1.29, 1.82) is 0 Å². The van der Waals surface area contributed by atoms with E-state index >= 15 is 0 Å². The Morgan fingerprint density at radius 3 is 2.85 bits per heavy atom. The maximum atomic E-state index is 5.27. The number of hydrogen-bond donors (Lipinski definition) is 1. The van der Waals surface area contributed by atoms with E-state index in [2.05, 4.69) is 40.0 Å². The molecule has 1 fully saturated rings. The van der Waals surface area contributed by atoms with Crippen LogP contribution in [0.15, 0.2) is 18.2 Å². The number of ether oxygens (including phenoxy) is 1. The van der Waals surface area contributed by atoms with Crippen LogP contribution in [0.4, 0.5) is 0 Å². The maximum Gasteiger partial charge on any atom is 0.132 e. The number of rotatable bonds is 2. The average Bonchev–Trinajstić information content (AvgIpc) is 2.05. The largest absolute Gasteiger partial charge is 0.496 e. The first-order valence-electron chi connectivity index (χ1n) is 4.38. The van der Waals surface area contributed by atoms with Crippen LogP contribution < -0.4 is 10.1 Å². The third-order valence-corrected chi connectivity index (χ3v) is 3.57. The molecule has 0 aliphatic carbocycles. The van der Waals surface area contributed by atoms with Crippen LogP contribution in [-0.4, -0.2) is 13.7 Å². The third-order valence-electron chi connectivity index (χ3n) is 2.41. The second-order valence-electron chi connectivity index (χ2n) is 3.16. The van der Waals surface area contributed by atoms with Gasteiger partial charge in [-0.1, -0.05) is 12.1 Å². The molecule has 1 saturated heterocycles. The lowest BCUT2D eigenvalue weighted by atomic mass is 9.98. The molecule has 0 spiro atoms. The highest BCUT2D eigenvalue weighted by Crippen LogP contribution is 2.32. The molecular formula is C10H12INO. The molecule has 1 aliphatic rings. The van der Waals surface area contributed by atoms with Gasteiger partial charge in [-0.15, -0.1) is 0 Å². The van der Waals surface area contributed by atoms with E-state index in [-0.39, 0.29) is 0 Å². The summed E-state index contributed by atoms with van der Waals surface area (Å²) < 4.78 is 6.51. The van der Waals surface area contributed by atoms with Gasteiger partial charge in [0, 0.05) is 6.04 Å². The van der Waals surface area contributed by atoms with Gasteiger partial charge >= 0.3 is 0 Å². The quantitative estimate of drug-likeness (QED) is 0.844. The van der Waals surface area contributed by atoms with Gasteiger partial charge in [0.25, 0.3) is 0 Å². The monoisotopic (exact) mass is 289 g/mol. The molecule has 0 unspecified atom stereocenters. The van der Waals surface area contributed by atoms with Gasteiger partial charge in [0.05, 0.1) is 10.7 Å². The van der Waals surface area contributed by atoms with Crippen molar-refractivity contribution >= 4 is 22.6 Å². The minimum absolute atomic E-state index is 0.544. The first-order valence-corrected chi connectivity index (χ1v) is 5.46. The summed E-state index contributed by atoms with van der Waals surface area (Å²) >= 11 is 2.35. The van der Waals surface area contributed by atoms with Crippen molar-refractivity contribution in [3.8, 4) is 5.75 Å². The molecule has 0 saturated carbocycles. The zero-order valence-electron chi connectivity index (χ0n) is 7.51. The Balaban J connectivity index is 2.33. The van der Waals surface area contributed by atoms with Gasteiger partial charge in [0.1, 0.15) is 5.75 Å². The van der Waals surface area contributed by atoms with E-state index in [1.807, 2.05) is 6.07 Å². The van der Waals surface area contributed by atoms with Crippen LogP contribution in [0.25, 0.3) is 0 Å². The molecule has 2 rings (SSSR count). The fraction of sp³-hybridized carbons (Fsp3) is 0.400. The van der Waals surface area contributed by atoms with Crippen LogP contribution in [0.3, 0.4) is 0 Å². The Morgan fingerprint density at radius 2 is 2.31 bits per heavy atom. The average molecular weight is 289 g/mol. The summed E-state index contributed by atoms with van der Waals surface area (Å²) in [5.41, 5.74) is 1.37. The summed E-state index contributed by atoms with van der Waals surface area (Å²) in [6.45, 7) is 1.14. The summed E-state index contributed by atoms with van der Waals surface area (Å²) in [6.07, 6.45) is 1.24. The predicted octanol–water partition coefficient (Wildman–Crippen LogP) is 2.33. The second kappa shape index (κ2) is 3.84. The molecule has 1 aromatic carbocycles. The fourth-order valence-electron chi connectivity index (χ4n) is 1.51. The highest BCUT2D eigenvalue weighted by atomic mass is 127. The Bertz CT molecular complexity index is 310. The second-order valence-corrected chi connectivity index (χ2v) is 4.24. The third kappa shape index (κ3) is 1.67. The SMILES string of the molecule is COc1cccc([C@H]2CCN2)c1I. The predicted molar refractivity (Wildman–Crippen MR) is 61.1 cm³/mol. The van der Waals surface area contributed by atoms with Gasteiger partial charge in [0.15, 0.2) is 0 Å². The molecule has 0 bridgehead atoms. The lowest BCUT2D eigenvalue weighted by molar-refractivity contribution is 0.375. The minimum Gasteiger partial charge on any atom is -0.496 e. The molecule has 1 aliphatic heterocycles. The standard InChI is InChI=1S/C10H12INO/c1-13-9-4-2-3-7(10(9)11)8-5-6-12-8/h2-4,8,12H,5-6H2,1H3/t8-/m1/s1. The van der Waals surface area contributed by atoms with Crippen LogP contribution >= 0.6 is 22.6 Å². The van der Waals surface area contributed by atoms with Crippen LogP contribution in [0.2, 0.25) is 0 Å². The van der Waals surface area contributed by atoms with E-state index in [9.17, 15) is 0 Å². The first-order chi connectivity index (χ1) is 6.33. The van der Waals surface area contributed by atoms with Crippen LogP contribution in [0.1, 0.15) is 18.0 Å². The first kappa shape index (κ1) is 9.27. The van der Waals surface area contributed by atoms with E-state index in [1.54, 1.807) is 7.11 Å². The Morgan fingerprint density at radius 1 is 1.54 bits per heavy atom. The molecular weight excluding hydrogens is 277 g/mol. The van der Waals surface area contributed by atoms with Gasteiger partial charge in [0.2, 0.25) is 0 Å². The minimum atomic E-state index is 0.544. The highest BCUT2D eigenvalue weighted by molar-refractivity contribution is 14.1. The van der Waals surface area contributed by atoms with Gasteiger partial charge in [-0.2, -0.15) is 0 Å². The van der Waals surface area contributed by atoms with Gasteiger partial charge < -0.3 is 10.1 Å². The number of nitrogens with one attached hydrogen (secondary N) is 1. The Labute approximate surface area is 91.8 Å². The van der Waals surface area contributed by atoms with Crippen molar-refractivity contribution < 1.29 is 4.74 Å². The topological polar surface area (TPSA) is 21.3 Å². The Hall–Kier alpha value is -0.290. The summed E-state index contributed by atoms with van der Waals surface area (Å²) in [5.74, 6) is 0.979. The van der Waals surface area contributed by atoms with Crippen molar-refractivity contribution in [1.82, 2.24) is 5.32 Å². The molecule has 1 atom stereocenters. The van der Waals surface area contributed by atoms with Crippen LogP contribution in [-0.2, 0) is 0 Å². The molecule has 2 nitrogen and oxygen atoms in total. The summed E-state index contributed by atoms with van der Waals surface area (Å²) in [7, 11) is 1.72. The number of benzene rings is 1. The van der Waals surface area contributed by atoms with Crippen molar-refractivity contribution in [3.05, 3.63) is 27.3 Å². The lowest BCUT2D eigenvalue weighted by Crippen LogP contribution is -2.35. The van der Waals surface area contributed by atoms with E-state index in [0.29, 0.717) is 6.04 Å². The molecule has 13 heavy (non-hydrogen) atoms. The number of hydrogen-bond acceptors (Lipinski definition) is 2. The zero-order chi connectivity index (χ0) is 9.26. The molecule has 1 aromatic rings. The Kier molecular flexibility index (Phi) is 2.74. The maximum absolute atomic E-state index is 5.27. The van der Waals surface area contributed by atoms with E-state index in [1.165, 1.54) is 15.6 Å². The molecule has 1 heterocycles. The van der Waals surface area contributed by atoms with E-state index < -0.39 is 0 Å². The molecule has 3 heteroatoms. The highest BCUT2D eigenvalue weighted by Gasteiger charge is 2.21. The van der Waals surface area contributed by atoms with Crippen molar-refractivity contribution in [2.24, 2.45) is 0 Å². The molecule has 1 N–H and O–H groups in total. The number of halogens is 1.